The van der Waals surface area contributed by atoms with Crippen LogP contribution in [0.5, 0.6) is 0 Å². The summed E-state index contributed by atoms with van der Waals surface area (Å²) >= 11 is 0. The lowest BCUT2D eigenvalue weighted by Gasteiger charge is -2.26. The second-order valence-electron chi connectivity index (χ2n) is 6.00. The van der Waals surface area contributed by atoms with E-state index in [2.05, 4.69) is 11.1 Å². The number of carbonyl (C=O) groups is 1. The van der Waals surface area contributed by atoms with E-state index in [1.54, 1.807) is 0 Å². The van der Waals surface area contributed by atoms with Crippen molar-refractivity contribution < 1.29 is 4.79 Å². The minimum atomic E-state index is 0.109. The summed E-state index contributed by atoms with van der Waals surface area (Å²) in [5.41, 5.74) is 1.91. The molecule has 3 rings (SSSR count). The molecule has 5 heteroatoms. The van der Waals surface area contributed by atoms with E-state index in [-0.39, 0.29) is 11.9 Å². The molecule has 22 heavy (non-hydrogen) atoms. The maximum atomic E-state index is 12.8. The van der Waals surface area contributed by atoms with Crippen LogP contribution in [0, 0.1) is 0 Å². The quantitative estimate of drug-likeness (QED) is 0.874. The highest BCUT2D eigenvalue weighted by atomic mass is 16.2. The summed E-state index contributed by atoms with van der Waals surface area (Å²) in [6.45, 7) is 0.814. The molecule has 0 bridgehead atoms. The van der Waals surface area contributed by atoms with Crippen molar-refractivity contribution in [2.75, 3.05) is 25.5 Å². The van der Waals surface area contributed by atoms with Gasteiger partial charge < -0.3 is 14.4 Å². The molecule has 3 heterocycles. The van der Waals surface area contributed by atoms with Crippen molar-refractivity contribution in [2.24, 2.45) is 7.05 Å². The number of anilines is 1. The van der Waals surface area contributed by atoms with Gasteiger partial charge in [0.05, 0.1) is 6.04 Å². The number of hydrogen-bond donors (Lipinski definition) is 0. The molecule has 0 radical (unpaired) electrons. The zero-order chi connectivity index (χ0) is 15.7. The van der Waals surface area contributed by atoms with E-state index in [0.29, 0.717) is 0 Å². The molecule has 116 valence electrons. The molecular weight excluding hydrogens is 276 g/mol. The van der Waals surface area contributed by atoms with Crippen LogP contribution in [0.4, 0.5) is 5.82 Å². The summed E-state index contributed by atoms with van der Waals surface area (Å²) in [4.78, 5) is 21.2. The molecule has 1 amide bonds. The first-order valence-corrected chi connectivity index (χ1v) is 7.63. The minimum absolute atomic E-state index is 0.109. The molecule has 1 unspecified atom stereocenters. The number of hydrogen-bond acceptors (Lipinski definition) is 3. The number of amides is 1. The predicted octanol–water partition coefficient (Wildman–Crippen LogP) is 2.46. The number of likely N-dealkylation sites (tertiary alicyclic amines) is 1. The lowest BCUT2D eigenvalue weighted by molar-refractivity contribution is 0.0726. The van der Waals surface area contributed by atoms with E-state index in [4.69, 9.17) is 0 Å². The third kappa shape index (κ3) is 2.58. The van der Waals surface area contributed by atoms with Crippen molar-refractivity contribution in [3.8, 4) is 0 Å². The average molecular weight is 298 g/mol. The SMILES string of the molecule is CN(C)c1cc(C2CCCN2C(=O)c2cccn2C)ccn1. The van der Waals surface area contributed by atoms with Gasteiger partial charge in [0.1, 0.15) is 11.5 Å². The van der Waals surface area contributed by atoms with Crippen molar-refractivity contribution in [2.45, 2.75) is 18.9 Å². The normalized spacial score (nSPS) is 17.8. The van der Waals surface area contributed by atoms with Gasteiger partial charge in [-0.1, -0.05) is 0 Å². The van der Waals surface area contributed by atoms with Crippen LogP contribution < -0.4 is 4.90 Å². The van der Waals surface area contributed by atoms with Gasteiger partial charge in [-0.2, -0.15) is 0 Å². The molecule has 1 fully saturated rings. The predicted molar refractivity (Wildman–Crippen MR) is 87.0 cm³/mol. The molecule has 1 saturated heterocycles. The zero-order valence-corrected chi connectivity index (χ0v) is 13.4. The standard InChI is InChI=1S/C17H22N4O/c1-19(2)16-12-13(8-9-18-16)14-6-5-11-21(14)17(22)15-7-4-10-20(15)3/h4,7-10,12,14H,5-6,11H2,1-3H3. The van der Waals surface area contributed by atoms with E-state index in [0.717, 1.165) is 30.9 Å². The van der Waals surface area contributed by atoms with Crippen LogP contribution in [0.3, 0.4) is 0 Å². The third-order valence-corrected chi connectivity index (χ3v) is 4.29. The summed E-state index contributed by atoms with van der Waals surface area (Å²) in [5, 5.41) is 0. The lowest BCUT2D eigenvalue weighted by Crippen LogP contribution is -2.31. The highest BCUT2D eigenvalue weighted by Gasteiger charge is 2.31. The highest BCUT2D eigenvalue weighted by molar-refractivity contribution is 5.93. The highest BCUT2D eigenvalue weighted by Crippen LogP contribution is 2.33. The molecule has 0 aliphatic carbocycles. The lowest BCUT2D eigenvalue weighted by atomic mass is 10.1. The topological polar surface area (TPSA) is 41.4 Å². The van der Waals surface area contributed by atoms with Gasteiger partial charge in [0.25, 0.3) is 5.91 Å². The Hall–Kier alpha value is -2.30. The fraction of sp³-hybridized carbons (Fsp3) is 0.412. The van der Waals surface area contributed by atoms with Crippen LogP contribution in [0.25, 0.3) is 0 Å². The molecule has 5 nitrogen and oxygen atoms in total. The van der Waals surface area contributed by atoms with Gasteiger partial charge in [-0.25, -0.2) is 4.98 Å². The summed E-state index contributed by atoms with van der Waals surface area (Å²) in [5.74, 6) is 1.04. The fourth-order valence-corrected chi connectivity index (χ4v) is 3.07. The second-order valence-corrected chi connectivity index (χ2v) is 6.00. The molecule has 1 aliphatic heterocycles. The van der Waals surface area contributed by atoms with Crippen LogP contribution in [0.2, 0.25) is 0 Å². The summed E-state index contributed by atoms with van der Waals surface area (Å²) in [7, 11) is 5.87. The Balaban J connectivity index is 1.89. The van der Waals surface area contributed by atoms with Crippen molar-refractivity contribution in [3.63, 3.8) is 0 Å². The number of aryl methyl sites for hydroxylation is 1. The second kappa shape index (κ2) is 5.83. The van der Waals surface area contributed by atoms with Gasteiger partial charge in [-0.3, -0.25) is 4.79 Å². The Bertz CT molecular complexity index is 677. The Kier molecular flexibility index (Phi) is 3.88. The number of nitrogens with zero attached hydrogens (tertiary/aromatic N) is 4. The van der Waals surface area contributed by atoms with Crippen LogP contribution in [0.1, 0.15) is 34.9 Å². The van der Waals surface area contributed by atoms with Crippen LogP contribution in [-0.2, 0) is 7.05 Å². The zero-order valence-electron chi connectivity index (χ0n) is 13.4. The van der Waals surface area contributed by atoms with Crippen LogP contribution in [-0.4, -0.2) is 41.0 Å². The minimum Gasteiger partial charge on any atom is -0.363 e. The molecule has 0 N–H and O–H groups in total. The van der Waals surface area contributed by atoms with Gasteiger partial charge in [0.15, 0.2) is 0 Å². The first-order valence-electron chi connectivity index (χ1n) is 7.63. The Labute approximate surface area is 131 Å². The van der Waals surface area contributed by atoms with Crippen molar-refractivity contribution >= 4 is 11.7 Å². The average Bonchev–Trinajstić information content (AvgIpc) is 3.15. The molecule has 0 spiro atoms. The smallest absolute Gasteiger partial charge is 0.270 e. The van der Waals surface area contributed by atoms with Crippen molar-refractivity contribution in [1.29, 1.82) is 0 Å². The van der Waals surface area contributed by atoms with E-state index in [1.807, 2.05) is 66.1 Å². The van der Waals surface area contributed by atoms with Crippen molar-refractivity contribution in [1.82, 2.24) is 14.5 Å². The number of carbonyl (C=O) groups excluding carboxylic acids is 1. The Morgan fingerprint density at radius 1 is 1.36 bits per heavy atom. The largest absolute Gasteiger partial charge is 0.363 e. The first kappa shape index (κ1) is 14.6. The van der Waals surface area contributed by atoms with Crippen LogP contribution >= 0.6 is 0 Å². The van der Waals surface area contributed by atoms with Gasteiger partial charge >= 0.3 is 0 Å². The van der Waals surface area contributed by atoms with E-state index in [1.165, 1.54) is 5.56 Å². The van der Waals surface area contributed by atoms with Crippen molar-refractivity contribution in [3.05, 3.63) is 47.9 Å². The monoisotopic (exact) mass is 298 g/mol. The van der Waals surface area contributed by atoms with E-state index < -0.39 is 0 Å². The molecule has 0 aromatic carbocycles. The van der Waals surface area contributed by atoms with E-state index in [9.17, 15) is 4.79 Å². The van der Waals surface area contributed by atoms with Gasteiger partial charge in [0, 0.05) is 40.1 Å². The summed E-state index contributed by atoms with van der Waals surface area (Å²) in [6, 6.07) is 8.05. The van der Waals surface area contributed by atoms with Crippen LogP contribution in [0.15, 0.2) is 36.7 Å². The first-order chi connectivity index (χ1) is 10.6. The molecule has 2 aromatic heterocycles. The molecule has 1 aliphatic rings. The van der Waals surface area contributed by atoms with E-state index >= 15 is 0 Å². The number of aromatic nitrogens is 2. The molecule has 2 aromatic rings. The third-order valence-electron chi connectivity index (χ3n) is 4.29. The summed E-state index contributed by atoms with van der Waals surface area (Å²) in [6.07, 6.45) is 5.79. The molecular formula is C17H22N4O. The maximum Gasteiger partial charge on any atom is 0.270 e. The van der Waals surface area contributed by atoms with Gasteiger partial charge in [-0.05, 0) is 42.7 Å². The maximum absolute atomic E-state index is 12.8. The van der Waals surface area contributed by atoms with Gasteiger partial charge in [0.2, 0.25) is 0 Å². The number of pyridine rings is 1. The molecule has 1 atom stereocenters. The number of rotatable bonds is 3. The Morgan fingerprint density at radius 3 is 2.86 bits per heavy atom. The molecule has 0 saturated carbocycles. The fourth-order valence-electron chi connectivity index (χ4n) is 3.07. The Morgan fingerprint density at radius 2 is 2.18 bits per heavy atom. The summed E-state index contributed by atoms with van der Waals surface area (Å²) < 4.78 is 1.88. The van der Waals surface area contributed by atoms with Gasteiger partial charge in [-0.15, -0.1) is 0 Å².